The SMILES string of the molecule is O=C(Cc1ccccc1)NC1C(=O)N2C(C(=O)O)=C(SCSc3cn[nH]n3)CS[C@@H]12. The molecular formula is C18H17N5O4S3. The Morgan fingerprint density at radius 2 is 2.10 bits per heavy atom. The summed E-state index contributed by atoms with van der Waals surface area (Å²) in [5.74, 6) is -1.33. The molecule has 9 nitrogen and oxygen atoms in total. The van der Waals surface area contributed by atoms with Gasteiger partial charge in [-0.15, -0.1) is 28.6 Å². The summed E-state index contributed by atoms with van der Waals surface area (Å²) in [5.41, 5.74) is 0.854. The first kappa shape index (κ1) is 20.8. The minimum absolute atomic E-state index is 0.00283. The van der Waals surface area contributed by atoms with E-state index in [1.807, 2.05) is 30.3 Å². The highest BCUT2D eigenvalue weighted by atomic mass is 32.2. The molecule has 2 atom stereocenters. The van der Waals surface area contributed by atoms with Gasteiger partial charge in [-0.25, -0.2) is 4.79 Å². The van der Waals surface area contributed by atoms with Crippen molar-refractivity contribution in [3.63, 3.8) is 0 Å². The first-order valence-electron chi connectivity index (χ1n) is 8.90. The van der Waals surface area contributed by atoms with Crippen molar-refractivity contribution in [1.82, 2.24) is 25.6 Å². The summed E-state index contributed by atoms with van der Waals surface area (Å²) >= 11 is 4.25. The number of aromatic amines is 1. The second-order valence-corrected chi connectivity index (χ2v) is 9.95. The zero-order valence-corrected chi connectivity index (χ0v) is 17.9. The molecule has 0 spiro atoms. The second-order valence-electron chi connectivity index (χ2n) is 6.41. The average Bonchev–Trinajstić information content (AvgIpc) is 3.25. The number of aromatic nitrogens is 3. The predicted molar refractivity (Wildman–Crippen MR) is 115 cm³/mol. The highest BCUT2D eigenvalue weighted by Crippen LogP contribution is 2.44. The van der Waals surface area contributed by atoms with Gasteiger partial charge in [0.25, 0.3) is 5.91 Å². The van der Waals surface area contributed by atoms with Crippen molar-refractivity contribution in [1.29, 1.82) is 0 Å². The fraction of sp³-hybridized carbons (Fsp3) is 0.278. The van der Waals surface area contributed by atoms with E-state index < -0.39 is 23.3 Å². The predicted octanol–water partition coefficient (Wildman–Crippen LogP) is 1.53. The third-order valence-corrected chi connectivity index (χ3v) is 8.08. The first-order chi connectivity index (χ1) is 14.5. The number of benzene rings is 1. The maximum atomic E-state index is 12.7. The van der Waals surface area contributed by atoms with E-state index in [-0.39, 0.29) is 18.0 Å². The minimum Gasteiger partial charge on any atom is -0.477 e. The number of aliphatic carboxylic acids is 1. The van der Waals surface area contributed by atoms with Gasteiger partial charge in [0.2, 0.25) is 5.91 Å². The number of H-pyrrole nitrogens is 1. The summed E-state index contributed by atoms with van der Waals surface area (Å²) < 4.78 is 0. The van der Waals surface area contributed by atoms with Crippen molar-refractivity contribution in [2.75, 3.05) is 10.8 Å². The number of thioether (sulfide) groups is 3. The summed E-state index contributed by atoms with van der Waals surface area (Å²) in [6.45, 7) is 0. The monoisotopic (exact) mass is 463 g/mol. The Kier molecular flexibility index (Phi) is 6.35. The molecule has 156 valence electrons. The number of nitrogens with zero attached hydrogens (tertiary/aromatic N) is 3. The van der Waals surface area contributed by atoms with Crippen LogP contribution in [0.25, 0.3) is 0 Å². The molecule has 2 aliphatic heterocycles. The Bertz CT molecular complexity index is 983. The van der Waals surface area contributed by atoms with Gasteiger partial charge in [-0.3, -0.25) is 14.5 Å². The lowest BCUT2D eigenvalue weighted by atomic mass is 10.0. The zero-order valence-electron chi connectivity index (χ0n) is 15.5. The van der Waals surface area contributed by atoms with Crippen LogP contribution in [0.3, 0.4) is 0 Å². The van der Waals surface area contributed by atoms with Crippen LogP contribution in [0.5, 0.6) is 0 Å². The molecule has 0 aliphatic carbocycles. The van der Waals surface area contributed by atoms with E-state index in [1.165, 1.54) is 40.2 Å². The molecule has 2 aliphatic rings. The molecule has 30 heavy (non-hydrogen) atoms. The van der Waals surface area contributed by atoms with Crippen LogP contribution in [0.4, 0.5) is 0 Å². The molecule has 2 amide bonds. The zero-order chi connectivity index (χ0) is 21.1. The summed E-state index contributed by atoms with van der Waals surface area (Å²) in [6, 6.07) is 8.54. The second kappa shape index (κ2) is 9.14. The van der Waals surface area contributed by atoms with Crippen LogP contribution in [0.1, 0.15) is 5.56 Å². The van der Waals surface area contributed by atoms with Crippen molar-refractivity contribution >= 4 is 53.1 Å². The smallest absolute Gasteiger partial charge is 0.353 e. The number of hydrogen-bond donors (Lipinski definition) is 3. The highest BCUT2D eigenvalue weighted by molar-refractivity contribution is 8.18. The molecule has 3 heterocycles. The van der Waals surface area contributed by atoms with Gasteiger partial charge in [-0.1, -0.05) is 42.1 Å². The molecule has 1 unspecified atom stereocenters. The lowest BCUT2D eigenvalue weighted by molar-refractivity contribution is -0.150. The van der Waals surface area contributed by atoms with Gasteiger partial charge in [0.1, 0.15) is 22.1 Å². The Hall–Kier alpha value is -2.44. The number of hydrogen-bond acceptors (Lipinski definition) is 8. The van der Waals surface area contributed by atoms with E-state index in [0.29, 0.717) is 20.8 Å². The summed E-state index contributed by atoms with van der Waals surface area (Å²) in [7, 11) is 0. The summed E-state index contributed by atoms with van der Waals surface area (Å²) in [4.78, 5) is 38.8. The molecular weight excluding hydrogens is 446 g/mol. The normalized spacial score (nSPS) is 20.5. The van der Waals surface area contributed by atoms with Gasteiger partial charge in [0, 0.05) is 10.7 Å². The maximum Gasteiger partial charge on any atom is 0.353 e. The lowest BCUT2D eigenvalue weighted by Gasteiger charge is -2.49. The Balaban J connectivity index is 1.39. The van der Waals surface area contributed by atoms with Crippen LogP contribution in [-0.2, 0) is 20.8 Å². The van der Waals surface area contributed by atoms with Gasteiger partial charge >= 0.3 is 5.97 Å². The lowest BCUT2D eigenvalue weighted by Crippen LogP contribution is -2.70. The Labute approximate surface area is 184 Å². The maximum absolute atomic E-state index is 12.7. The van der Waals surface area contributed by atoms with Crippen molar-refractivity contribution in [3.8, 4) is 0 Å². The van der Waals surface area contributed by atoms with Gasteiger partial charge in [0.05, 0.1) is 17.7 Å². The van der Waals surface area contributed by atoms with E-state index in [0.717, 1.165) is 5.56 Å². The number of rotatable bonds is 8. The largest absolute Gasteiger partial charge is 0.477 e. The number of carbonyl (C=O) groups is 3. The number of carboxylic acids is 1. The van der Waals surface area contributed by atoms with Crippen molar-refractivity contribution in [2.24, 2.45) is 0 Å². The molecule has 1 aromatic carbocycles. The first-order valence-corrected chi connectivity index (χ1v) is 11.9. The standard InChI is InChI=1S/C18H17N5O4S3/c24-12(6-10-4-2-1-3-5-10)20-14-16(25)23-15(18(26)27)11(8-28-17(14)23)29-9-30-13-7-19-22-21-13/h1-5,7,14,17H,6,8-9H2,(H,20,24)(H,26,27)(H,19,21,22)/t14?,17-/m0/s1. The van der Waals surface area contributed by atoms with Crippen molar-refractivity contribution in [3.05, 3.63) is 52.7 Å². The van der Waals surface area contributed by atoms with Gasteiger partial charge < -0.3 is 10.4 Å². The molecule has 12 heteroatoms. The molecule has 3 N–H and O–H groups in total. The Morgan fingerprint density at radius 3 is 2.80 bits per heavy atom. The van der Waals surface area contributed by atoms with Gasteiger partial charge in [-0.2, -0.15) is 10.3 Å². The fourth-order valence-corrected chi connectivity index (χ4v) is 6.70. The molecule has 0 bridgehead atoms. The fourth-order valence-electron chi connectivity index (χ4n) is 3.13. The Morgan fingerprint density at radius 1 is 1.30 bits per heavy atom. The summed E-state index contributed by atoms with van der Waals surface area (Å²) in [6.07, 6.45) is 1.76. The molecule has 2 aromatic rings. The van der Waals surface area contributed by atoms with Crippen LogP contribution in [0.2, 0.25) is 0 Å². The van der Waals surface area contributed by atoms with E-state index in [2.05, 4.69) is 20.7 Å². The molecule has 1 aromatic heterocycles. The van der Waals surface area contributed by atoms with Crippen LogP contribution in [0.15, 0.2) is 52.2 Å². The number of amides is 2. The molecule has 0 radical (unpaired) electrons. The molecule has 1 fully saturated rings. The average molecular weight is 464 g/mol. The minimum atomic E-state index is -1.14. The number of nitrogens with one attached hydrogen (secondary N) is 2. The van der Waals surface area contributed by atoms with E-state index in [9.17, 15) is 19.5 Å². The number of fused-ring (bicyclic) bond motifs is 1. The molecule has 0 saturated carbocycles. The third-order valence-electron chi connectivity index (χ3n) is 4.49. The van der Waals surface area contributed by atoms with E-state index in [4.69, 9.17) is 0 Å². The van der Waals surface area contributed by atoms with Gasteiger partial charge in [0.15, 0.2) is 0 Å². The summed E-state index contributed by atoms with van der Waals surface area (Å²) in [5, 5.41) is 23.5. The quantitative estimate of drug-likeness (QED) is 0.303. The van der Waals surface area contributed by atoms with Crippen LogP contribution >= 0.6 is 35.3 Å². The van der Waals surface area contributed by atoms with Gasteiger partial charge in [-0.05, 0) is 5.56 Å². The number of carbonyl (C=O) groups excluding carboxylic acids is 2. The van der Waals surface area contributed by atoms with Crippen LogP contribution in [-0.4, -0.2) is 65.5 Å². The van der Waals surface area contributed by atoms with Crippen LogP contribution < -0.4 is 5.32 Å². The van der Waals surface area contributed by atoms with E-state index >= 15 is 0 Å². The number of carboxylic acid groups (broad SMARTS) is 1. The number of β-lactam (4-membered cyclic amide) rings is 1. The molecule has 4 rings (SSSR count). The van der Waals surface area contributed by atoms with E-state index in [1.54, 1.807) is 6.20 Å². The highest BCUT2D eigenvalue weighted by Gasteiger charge is 2.54. The molecule has 1 saturated heterocycles. The van der Waals surface area contributed by atoms with Crippen molar-refractivity contribution < 1.29 is 19.5 Å². The van der Waals surface area contributed by atoms with Crippen molar-refractivity contribution in [2.45, 2.75) is 22.9 Å². The topological polar surface area (TPSA) is 128 Å². The van der Waals surface area contributed by atoms with Crippen LogP contribution in [0, 0.1) is 0 Å². The third kappa shape index (κ3) is 4.35.